The first-order valence-corrected chi connectivity index (χ1v) is 10.5. The highest BCUT2D eigenvalue weighted by Crippen LogP contribution is 2.25. The lowest BCUT2D eigenvalue weighted by Crippen LogP contribution is -2.22. The van der Waals surface area contributed by atoms with Crippen LogP contribution in [-0.2, 0) is 30.4 Å². The Balaban J connectivity index is 1.77. The molecule has 0 bridgehead atoms. The molecule has 0 unspecified atom stereocenters. The highest BCUT2D eigenvalue weighted by molar-refractivity contribution is 7.71. The van der Waals surface area contributed by atoms with Gasteiger partial charge in [0.2, 0.25) is 0 Å². The maximum Gasteiger partial charge on any atom is 0.341 e. The summed E-state index contributed by atoms with van der Waals surface area (Å²) < 4.78 is 14.8. The van der Waals surface area contributed by atoms with Crippen molar-refractivity contribution < 1.29 is 13.9 Å². The molecule has 166 valence electrons. The van der Waals surface area contributed by atoms with Crippen LogP contribution in [0.2, 0.25) is 0 Å². The average Bonchev–Trinajstić information content (AvgIpc) is 3.21. The molecule has 0 aliphatic heterocycles. The van der Waals surface area contributed by atoms with Crippen molar-refractivity contribution in [2.75, 3.05) is 14.2 Å². The molecule has 3 aromatic rings. The summed E-state index contributed by atoms with van der Waals surface area (Å²) in [6.07, 6.45) is 0. The van der Waals surface area contributed by atoms with Crippen LogP contribution in [0.5, 0.6) is 0 Å². The van der Waals surface area contributed by atoms with E-state index in [4.69, 9.17) is 26.5 Å². The summed E-state index contributed by atoms with van der Waals surface area (Å²) in [6, 6.07) is 10.2. The first-order chi connectivity index (χ1) is 14.5. The molecule has 1 aromatic carbocycles. The van der Waals surface area contributed by atoms with Crippen molar-refractivity contribution in [2.45, 2.75) is 46.3 Å². The molecule has 0 radical (unpaired) electrons. The number of methoxy groups -OCH3 is 1. The molecule has 8 heteroatoms. The first-order valence-electron chi connectivity index (χ1n) is 10.1. The minimum atomic E-state index is -0.399. The number of carbonyl (C=O) groups excluding carboxylic acids is 1. The molecule has 0 saturated heterocycles. The normalized spacial score (nSPS) is 11.9. The van der Waals surface area contributed by atoms with Crippen molar-refractivity contribution in [1.82, 2.24) is 19.2 Å². The largest absolute Gasteiger partial charge is 0.465 e. The van der Waals surface area contributed by atoms with Crippen LogP contribution in [0.25, 0.3) is 11.4 Å². The SMILES string of the molecule is COC(=O)c1cc(CN(C)Cn2nc(-c3ccc(C(C)(C)C)cc3)n(C)c2=S)oc1C. The summed E-state index contributed by atoms with van der Waals surface area (Å²) in [4.78, 5) is 13.8. The third-order valence-corrected chi connectivity index (χ3v) is 5.71. The predicted molar refractivity (Wildman–Crippen MR) is 122 cm³/mol. The quantitative estimate of drug-likeness (QED) is 0.407. The second-order valence-electron chi connectivity index (χ2n) is 8.82. The van der Waals surface area contributed by atoms with Crippen LogP contribution in [0.1, 0.15) is 48.2 Å². The van der Waals surface area contributed by atoms with E-state index in [1.165, 1.54) is 12.7 Å². The number of hydrogen-bond donors (Lipinski definition) is 0. The summed E-state index contributed by atoms with van der Waals surface area (Å²) in [5, 5.41) is 4.75. The van der Waals surface area contributed by atoms with Crippen molar-refractivity contribution in [3.63, 3.8) is 0 Å². The molecule has 31 heavy (non-hydrogen) atoms. The van der Waals surface area contributed by atoms with Crippen molar-refractivity contribution in [2.24, 2.45) is 7.05 Å². The minimum Gasteiger partial charge on any atom is -0.465 e. The zero-order chi connectivity index (χ0) is 22.9. The van der Waals surface area contributed by atoms with Crippen LogP contribution in [-0.4, -0.2) is 39.4 Å². The maximum atomic E-state index is 11.8. The van der Waals surface area contributed by atoms with Gasteiger partial charge in [-0.05, 0) is 43.2 Å². The van der Waals surface area contributed by atoms with Gasteiger partial charge in [-0.15, -0.1) is 0 Å². The Kier molecular flexibility index (Phi) is 6.52. The van der Waals surface area contributed by atoms with Crippen LogP contribution < -0.4 is 0 Å². The number of hydrogen-bond acceptors (Lipinski definition) is 6. The van der Waals surface area contributed by atoms with Gasteiger partial charge in [0.05, 0.1) is 20.3 Å². The summed E-state index contributed by atoms with van der Waals surface area (Å²) in [7, 11) is 5.24. The van der Waals surface area contributed by atoms with E-state index < -0.39 is 5.97 Å². The van der Waals surface area contributed by atoms with E-state index in [1.54, 1.807) is 17.7 Å². The molecule has 3 rings (SSSR count). The van der Waals surface area contributed by atoms with Crippen molar-refractivity contribution >= 4 is 18.2 Å². The van der Waals surface area contributed by atoms with Crippen LogP contribution in [0.3, 0.4) is 0 Å². The Hall–Kier alpha value is -2.71. The van der Waals surface area contributed by atoms with Gasteiger partial charge < -0.3 is 13.7 Å². The van der Waals surface area contributed by atoms with Crippen molar-refractivity contribution in [3.05, 3.63) is 57.8 Å². The lowest BCUT2D eigenvalue weighted by molar-refractivity contribution is 0.0599. The smallest absolute Gasteiger partial charge is 0.341 e. The Morgan fingerprint density at radius 1 is 1.26 bits per heavy atom. The van der Waals surface area contributed by atoms with Crippen LogP contribution >= 0.6 is 12.2 Å². The zero-order valence-electron chi connectivity index (χ0n) is 19.2. The monoisotopic (exact) mass is 442 g/mol. The van der Waals surface area contributed by atoms with E-state index in [2.05, 4.69) is 45.0 Å². The van der Waals surface area contributed by atoms with Crippen molar-refractivity contribution in [1.29, 1.82) is 0 Å². The summed E-state index contributed by atoms with van der Waals surface area (Å²) in [6.45, 7) is 9.33. The fraction of sp³-hybridized carbons (Fsp3) is 0.435. The molecule has 0 saturated carbocycles. The van der Waals surface area contributed by atoms with Crippen LogP contribution in [0.4, 0.5) is 0 Å². The maximum absolute atomic E-state index is 11.8. The molecule has 0 spiro atoms. The van der Waals surface area contributed by atoms with Gasteiger partial charge in [-0.25, -0.2) is 9.48 Å². The standard InChI is InChI=1S/C23H30N4O3S/c1-15-19(21(28)29-7)12-18(30-15)13-25(5)14-27-22(31)26(6)20(24-27)16-8-10-17(11-9-16)23(2,3)4/h8-12H,13-14H2,1-7H3. The second kappa shape index (κ2) is 8.80. The summed E-state index contributed by atoms with van der Waals surface area (Å²) in [5.74, 6) is 1.65. The van der Waals surface area contributed by atoms with Gasteiger partial charge in [-0.2, -0.15) is 5.10 Å². The Morgan fingerprint density at radius 3 is 2.48 bits per heavy atom. The molecule has 0 amide bonds. The fourth-order valence-electron chi connectivity index (χ4n) is 3.43. The number of furan rings is 1. The molecule has 7 nitrogen and oxygen atoms in total. The molecule has 0 N–H and O–H groups in total. The van der Waals surface area contributed by atoms with Crippen LogP contribution in [0.15, 0.2) is 34.7 Å². The van der Waals surface area contributed by atoms with Gasteiger partial charge in [0.25, 0.3) is 0 Å². The van der Waals surface area contributed by atoms with Gasteiger partial charge >= 0.3 is 5.97 Å². The third-order valence-electron chi connectivity index (χ3n) is 5.23. The second-order valence-corrected chi connectivity index (χ2v) is 9.19. The highest BCUT2D eigenvalue weighted by Gasteiger charge is 2.18. The van der Waals surface area contributed by atoms with Gasteiger partial charge in [0, 0.05) is 12.6 Å². The molecule has 0 aliphatic carbocycles. The van der Waals surface area contributed by atoms with Crippen LogP contribution in [0, 0.1) is 11.7 Å². The van der Waals surface area contributed by atoms with Gasteiger partial charge in [-0.1, -0.05) is 45.0 Å². The number of nitrogens with zero attached hydrogens (tertiary/aromatic N) is 4. The number of rotatable bonds is 6. The van der Waals surface area contributed by atoms with E-state index >= 15 is 0 Å². The number of aromatic nitrogens is 3. The molecule has 0 atom stereocenters. The lowest BCUT2D eigenvalue weighted by atomic mass is 9.87. The number of ether oxygens (including phenoxy) is 1. The summed E-state index contributed by atoms with van der Waals surface area (Å²) >= 11 is 5.61. The van der Waals surface area contributed by atoms with E-state index in [9.17, 15) is 4.79 Å². The number of carbonyl (C=O) groups is 1. The fourth-order valence-corrected chi connectivity index (χ4v) is 3.61. The molecule has 2 heterocycles. The van der Waals surface area contributed by atoms with E-state index in [-0.39, 0.29) is 5.41 Å². The highest BCUT2D eigenvalue weighted by atomic mass is 32.1. The molecule has 0 fully saturated rings. The number of benzene rings is 1. The number of aryl methyl sites for hydroxylation is 1. The number of esters is 1. The topological polar surface area (TPSA) is 65.4 Å². The third kappa shape index (κ3) is 4.97. The molecule has 0 aliphatic rings. The van der Waals surface area contributed by atoms with Gasteiger partial charge in [0.15, 0.2) is 10.6 Å². The van der Waals surface area contributed by atoms with E-state index in [1.807, 2.05) is 23.6 Å². The minimum absolute atomic E-state index is 0.101. The summed E-state index contributed by atoms with van der Waals surface area (Å²) in [5.41, 5.74) is 2.84. The predicted octanol–water partition coefficient (Wildman–Crippen LogP) is 4.69. The Bertz CT molecular complexity index is 1130. The van der Waals surface area contributed by atoms with Gasteiger partial charge in [0.1, 0.15) is 17.1 Å². The van der Waals surface area contributed by atoms with Gasteiger partial charge in [-0.3, -0.25) is 4.90 Å². The van der Waals surface area contributed by atoms with Crippen molar-refractivity contribution in [3.8, 4) is 11.4 Å². The average molecular weight is 443 g/mol. The Morgan fingerprint density at radius 2 is 1.90 bits per heavy atom. The lowest BCUT2D eigenvalue weighted by Gasteiger charge is -2.19. The first kappa shape index (κ1) is 23.0. The molecular weight excluding hydrogens is 412 g/mol. The van der Waals surface area contributed by atoms with E-state index in [0.29, 0.717) is 35.1 Å². The Labute approximate surface area is 188 Å². The zero-order valence-corrected chi connectivity index (χ0v) is 20.0. The van der Waals surface area contributed by atoms with E-state index in [0.717, 1.165) is 11.4 Å². The molecule has 2 aromatic heterocycles. The molecular formula is C23H30N4O3S.